The van der Waals surface area contributed by atoms with Crippen LogP contribution in [0.15, 0.2) is 23.2 Å². The van der Waals surface area contributed by atoms with Crippen LogP contribution in [0, 0.1) is 0 Å². The first kappa shape index (κ1) is 10.0. The van der Waals surface area contributed by atoms with Crippen molar-refractivity contribution in [3.8, 4) is 0 Å². The minimum absolute atomic E-state index is 0.110. The fourth-order valence-electron chi connectivity index (χ4n) is 0.799. The maximum atomic E-state index is 10.7. The number of aliphatic hydroxyl groups is 1. The largest absolute Gasteiger partial charge is 0.396 e. The Hall–Kier alpha value is -1.07. The molecule has 0 aliphatic heterocycles. The monoisotopic (exact) mass is 198 g/mol. The van der Waals surface area contributed by atoms with E-state index in [0.717, 1.165) is 4.90 Å². The Balaban J connectivity index is 2.73. The van der Waals surface area contributed by atoms with E-state index in [1.54, 1.807) is 12.1 Å². The molecule has 0 atom stereocenters. The van der Waals surface area contributed by atoms with Crippen LogP contribution in [0.2, 0.25) is 0 Å². The minimum Gasteiger partial charge on any atom is -0.396 e. The van der Waals surface area contributed by atoms with E-state index in [1.807, 2.05) is 0 Å². The number of carbonyl (C=O) groups is 1. The molecule has 1 heterocycles. The van der Waals surface area contributed by atoms with Gasteiger partial charge in [-0.15, -0.1) is 11.8 Å². The van der Waals surface area contributed by atoms with Gasteiger partial charge in [-0.1, -0.05) is 0 Å². The molecule has 5 heteroatoms. The summed E-state index contributed by atoms with van der Waals surface area (Å²) in [7, 11) is 0. The summed E-state index contributed by atoms with van der Waals surface area (Å²) in [4.78, 5) is 15.4. The molecule has 1 aromatic heterocycles. The van der Waals surface area contributed by atoms with Crippen LogP contribution in [0.25, 0.3) is 0 Å². The van der Waals surface area contributed by atoms with Crippen LogP contribution in [0.3, 0.4) is 0 Å². The zero-order valence-corrected chi connectivity index (χ0v) is 7.75. The number of amides is 1. The van der Waals surface area contributed by atoms with Gasteiger partial charge in [-0.05, 0) is 12.1 Å². The number of aromatic nitrogens is 1. The van der Waals surface area contributed by atoms with E-state index >= 15 is 0 Å². The number of nitrogens with zero attached hydrogens (tertiary/aromatic N) is 1. The second kappa shape index (κ2) is 4.84. The maximum absolute atomic E-state index is 10.7. The molecule has 1 aromatic rings. The van der Waals surface area contributed by atoms with Crippen LogP contribution < -0.4 is 5.73 Å². The van der Waals surface area contributed by atoms with Crippen molar-refractivity contribution in [1.82, 2.24) is 4.98 Å². The van der Waals surface area contributed by atoms with Crippen molar-refractivity contribution in [1.29, 1.82) is 0 Å². The van der Waals surface area contributed by atoms with Crippen molar-refractivity contribution in [3.05, 3.63) is 24.0 Å². The van der Waals surface area contributed by atoms with E-state index in [0.29, 0.717) is 5.75 Å². The molecule has 0 bridgehead atoms. The first-order valence-electron chi connectivity index (χ1n) is 3.73. The van der Waals surface area contributed by atoms with Crippen molar-refractivity contribution < 1.29 is 9.90 Å². The van der Waals surface area contributed by atoms with E-state index in [-0.39, 0.29) is 12.3 Å². The number of aliphatic hydroxyl groups excluding tert-OH is 1. The summed E-state index contributed by atoms with van der Waals surface area (Å²) < 4.78 is 0. The molecule has 0 aliphatic rings. The van der Waals surface area contributed by atoms with Crippen LogP contribution in [0.5, 0.6) is 0 Å². The molecule has 70 valence electrons. The lowest BCUT2D eigenvalue weighted by atomic mass is 10.3. The number of carbonyl (C=O) groups excluding carboxylic acids is 1. The summed E-state index contributed by atoms with van der Waals surface area (Å²) in [5, 5.41) is 8.58. The number of pyridine rings is 1. The second-order valence-electron chi connectivity index (χ2n) is 2.31. The van der Waals surface area contributed by atoms with Crippen molar-refractivity contribution in [2.45, 2.75) is 4.90 Å². The number of primary amides is 1. The quantitative estimate of drug-likeness (QED) is 0.681. The van der Waals surface area contributed by atoms with Gasteiger partial charge < -0.3 is 10.8 Å². The van der Waals surface area contributed by atoms with E-state index in [9.17, 15) is 4.79 Å². The molecule has 0 radical (unpaired) electrons. The highest BCUT2D eigenvalue weighted by molar-refractivity contribution is 7.99. The van der Waals surface area contributed by atoms with Gasteiger partial charge in [0.2, 0.25) is 0 Å². The lowest BCUT2D eigenvalue weighted by molar-refractivity contribution is 0.0995. The number of hydrogen-bond acceptors (Lipinski definition) is 4. The van der Waals surface area contributed by atoms with Crippen LogP contribution >= 0.6 is 11.8 Å². The third-order valence-electron chi connectivity index (χ3n) is 1.34. The Kier molecular flexibility index (Phi) is 3.72. The molecule has 0 saturated heterocycles. The third kappa shape index (κ3) is 3.04. The number of nitrogens with two attached hydrogens (primary N) is 1. The summed E-state index contributed by atoms with van der Waals surface area (Å²) in [5.41, 5.74) is 5.30. The standard InChI is InChI=1S/C8H10N2O2S/c9-8(12)7-5-6(1-2-10-7)13-4-3-11/h1-2,5,11H,3-4H2,(H2,9,12). The fourth-order valence-corrected chi connectivity index (χ4v) is 1.48. The molecule has 0 fully saturated rings. The second-order valence-corrected chi connectivity index (χ2v) is 3.48. The lowest BCUT2D eigenvalue weighted by Crippen LogP contribution is -2.12. The van der Waals surface area contributed by atoms with Gasteiger partial charge in [0.15, 0.2) is 0 Å². The average Bonchev–Trinajstić information content (AvgIpc) is 2.15. The van der Waals surface area contributed by atoms with Gasteiger partial charge in [0, 0.05) is 16.8 Å². The molecule has 0 saturated carbocycles. The summed E-state index contributed by atoms with van der Waals surface area (Å²) in [6.45, 7) is 0.110. The predicted molar refractivity (Wildman–Crippen MR) is 50.6 cm³/mol. The molecule has 1 rings (SSSR count). The molecule has 3 N–H and O–H groups in total. The first-order chi connectivity index (χ1) is 6.24. The van der Waals surface area contributed by atoms with Crippen LogP contribution in [-0.2, 0) is 0 Å². The molecule has 1 amide bonds. The first-order valence-corrected chi connectivity index (χ1v) is 4.72. The van der Waals surface area contributed by atoms with Gasteiger partial charge in [0.25, 0.3) is 5.91 Å². The number of rotatable bonds is 4. The van der Waals surface area contributed by atoms with Gasteiger partial charge in [-0.2, -0.15) is 0 Å². The SMILES string of the molecule is NC(=O)c1cc(SCCO)ccn1. The van der Waals surface area contributed by atoms with Crippen LogP contribution in [0.4, 0.5) is 0 Å². The minimum atomic E-state index is -0.536. The van der Waals surface area contributed by atoms with Crippen molar-refractivity contribution in [2.24, 2.45) is 5.73 Å². The highest BCUT2D eigenvalue weighted by Gasteiger charge is 2.02. The van der Waals surface area contributed by atoms with Crippen molar-refractivity contribution in [2.75, 3.05) is 12.4 Å². The zero-order chi connectivity index (χ0) is 9.68. The van der Waals surface area contributed by atoms with Crippen molar-refractivity contribution in [3.63, 3.8) is 0 Å². The van der Waals surface area contributed by atoms with Gasteiger partial charge >= 0.3 is 0 Å². The fraction of sp³-hybridized carbons (Fsp3) is 0.250. The normalized spacial score (nSPS) is 9.92. The molecule has 0 spiro atoms. The summed E-state index contributed by atoms with van der Waals surface area (Å²) in [5.74, 6) is 0.0637. The average molecular weight is 198 g/mol. The predicted octanol–water partition coefficient (Wildman–Crippen LogP) is 0.265. The molecule has 4 nitrogen and oxygen atoms in total. The Morgan fingerprint density at radius 3 is 3.08 bits per heavy atom. The molecule has 0 aromatic carbocycles. The smallest absolute Gasteiger partial charge is 0.267 e. The third-order valence-corrected chi connectivity index (χ3v) is 2.32. The van der Waals surface area contributed by atoms with Gasteiger partial charge in [0.05, 0.1) is 6.61 Å². The molecule has 13 heavy (non-hydrogen) atoms. The lowest BCUT2D eigenvalue weighted by Gasteiger charge is -1.99. The summed E-state index contributed by atoms with van der Waals surface area (Å²) >= 11 is 1.45. The molecular weight excluding hydrogens is 188 g/mol. The van der Waals surface area contributed by atoms with E-state index in [2.05, 4.69) is 4.98 Å². The Labute approximate surface area is 80.2 Å². The molecular formula is C8H10N2O2S. The van der Waals surface area contributed by atoms with E-state index < -0.39 is 5.91 Å². The number of thioether (sulfide) groups is 1. The Morgan fingerprint density at radius 1 is 1.69 bits per heavy atom. The number of hydrogen-bond donors (Lipinski definition) is 2. The summed E-state index contributed by atoms with van der Waals surface area (Å²) in [6.07, 6.45) is 1.53. The Bertz CT molecular complexity index is 304. The van der Waals surface area contributed by atoms with Crippen LogP contribution in [0.1, 0.15) is 10.5 Å². The topological polar surface area (TPSA) is 76.2 Å². The van der Waals surface area contributed by atoms with E-state index in [1.165, 1.54) is 18.0 Å². The molecule has 0 unspecified atom stereocenters. The highest BCUT2D eigenvalue weighted by atomic mass is 32.2. The highest BCUT2D eigenvalue weighted by Crippen LogP contribution is 2.16. The van der Waals surface area contributed by atoms with Gasteiger partial charge in [-0.3, -0.25) is 9.78 Å². The Morgan fingerprint density at radius 2 is 2.46 bits per heavy atom. The van der Waals surface area contributed by atoms with Gasteiger partial charge in [-0.25, -0.2) is 0 Å². The summed E-state index contributed by atoms with van der Waals surface area (Å²) in [6, 6.07) is 3.38. The van der Waals surface area contributed by atoms with E-state index in [4.69, 9.17) is 10.8 Å². The van der Waals surface area contributed by atoms with Crippen LogP contribution in [-0.4, -0.2) is 28.4 Å². The maximum Gasteiger partial charge on any atom is 0.267 e. The van der Waals surface area contributed by atoms with Crippen molar-refractivity contribution >= 4 is 17.7 Å². The zero-order valence-electron chi connectivity index (χ0n) is 6.93. The molecule has 0 aliphatic carbocycles. The van der Waals surface area contributed by atoms with Gasteiger partial charge in [0.1, 0.15) is 5.69 Å².